The molecule has 0 spiro atoms. The van der Waals surface area contributed by atoms with Crippen molar-refractivity contribution >= 4 is 0 Å². The molecular weight excluding hydrogens is 352 g/mol. The molecule has 1 aromatic heterocycles. The third-order valence-electron chi connectivity index (χ3n) is 5.38. The maximum Gasteiger partial charge on any atom is 0.145 e. The molecule has 4 rings (SSSR count). The summed E-state index contributed by atoms with van der Waals surface area (Å²) >= 11 is 0. The summed E-state index contributed by atoms with van der Waals surface area (Å²) in [5, 5.41) is 28.7. The predicted molar refractivity (Wildman–Crippen MR) is 109 cm³/mol. The Bertz CT molecular complexity index is 957. The first-order chi connectivity index (χ1) is 13.5. The maximum absolute atomic E-state index is 10.4. The van der Waals surface area contributed by atoms with Crippen LogP contribution < -0.4 is 0 Å². The second-order valence-corrected chi connectivity index (χ2v) is 7.77. The van der Waals surface area contributed by atoms with Gasteiger partial charge in [-0.3, -0.25) is 4.90 Å². The number of aromatic hydroxyl groups is 2. The van der Waals surface area contributed by atoms with Gasteiger partial charge in [0.2, 0.25) is 0 Å². The summed E-state index contributed by atoms with van der Waals surface area (Å²) in [6.45, 7) is 7.33. The number of likely N-dealkylation sites (tertiary alicyclic amines) is 1. The predicted octanol–water partition coefficient (Wildman–Crippen LogP) is 4.06. The molecule has 2 aromatic carbocycles. The van der Waals surface area contributed by atoms with Crippen LogP contribution in [0.3, 0.4) is 0 Å². The first kappa shape index (κ1) is 18.5. The van der Waals surface area contributed by atoms with Crippen LogP contribution in [0.1, 0.15) is 43.7 Å². The van der Waals surface area contributed by atoms with E-state index in [1.54, 1.807) is 16.9 Å². The average Bonchev–Trinajstić information content (AvgIpc) is 3.34. The second-order valence-electron chi connectivity index (χ2n) is 7.77. The summed E-state index contributed by atoms with van der Waals surface area (Å²) in [4.78, 5) is 2.47. The lowest BCUT2D eigenvalue weighted by atomic mass is 10.0. The molecule has 0 saturated carbocycles. The Morgan fingerprint density at radius 3 is 2.39 bits per heavy atom. The number of phenolic OH excluding ortho intramolecular Hbond substituents is 2. The molecule has 1 fully saturated rings. The third-order valence-corrected chi connectivity index (χ3v) is 5.38. The van der Waals surface area contributed by atoms with E-state index in [9.17, 15) is 10.2 Å². The monoisotopic (exact) mass is 378 g/mol. The normalized spacial score (nSPS) is 14.8. The Labute approximate surface area is 165 Å². The molecule has 2 heterocycles. The van der Waals surface area contributed by atoms with Gasteiger partial charge in [0, 0.05) is 18.2 Å². The van der Waals surface area contributed by atoms with Gasteiger partial charge in [-0.25, -0.2) is 4.68 Å². The second kappa shape index (κ2) is 7.64. The summed E-state index contributed by atoms with van der Waals surface area (Å²) in [6.07, 6.45) is 4.27. The summed E-state index contributed by atoms with van der Waals surface area (Å²) in [7, 11) is 0. The number of hydrogen-bond donors (Lipinski definition) is 2. The van der Waals surface area contributed by atoms with E-state index in [1.165, 1.54) is 37.6 Å². The van der Waals surface area contributed by atoms with Crippen molar-refractivity contribution in [1.82, 2.24) is 19.9 Å². The number of aromatic nitrogens is 3. The standard InChI is InChI=1S/C22H26N4O2/c1-15(2)18-11-19(22(28)12-21(18)27)26-20(13-23-24-26)17-7-5-16(6-8-17)14-25-9-3-4-10-25/h5-8,11-13,15,27-28H,3-4,9-10,14H2,1-2H3. The zero-order chi connectivity index (χ0) is 19.7. The van der Waals surface area contributed by atoms with Crippen LogP contribution in [-0.2, 0) is 6.54 Å². The van der Waals surface area contributed by atoms with Crippen LogP contribution in [0.5, 0.6) is 11.5 Å². The highest BCUT2D eigenvalue weighted by Gasteiger charge is 2.17. The SMILES string of the molecule is CC(C)c1cc(-n2nncc2-c2ccc(CN3CCCC3)cc2)c(O)cc1O. The molecule has 1 aliphatic heterocycles. The quantitative estimate of drug-likeness (QED) is 0.700. The Kier molecular flexibility index (Phi) is 5.05. The Morgan fingerprint density at radius 2 is 1.71 bits per heavy atom. The van der Waals surface area contributed by atoms with Gasteiger partial charge in [0.05, 0.1) is 11.9 Å². The number of nitrogens with zero attached hydrogens (tertiary/aromatic N) is 4. The van der Waals surface area contributed by atoms with Crippen molar-refractivity contribution in [1.29, 1.82) is 0 Å². The maximum atomic E-state index is 10.4. The third kappa shape index (κ3) is 3.60. The highest BCUT2D eigenvalue weighted by molar-refractivity contribution is 5.64. The number of benzene rings is 2. The van der Waals surface area contributed by atoms with E-state index in [4.69, 9.17) is 0 Å². The Balaban J connectivity index is 1.65. The molecule has 0 atom stereocenters. The van der Waals surface area contributed by atoms with Crippen molar-refractivity contribution in [3.05, 3.63) is 53.7 Å². The highest BCUT2D eigenvalue weighted by Crippen LogP contribution is 2.35. The van der Waals surface area contributed by atoms with Crippen molar-refractivity contribution in [2.45, 2.75) is 39.2 Å². The molecule has 3 aromatic rings. The highest BCUT2D eigenvalue weighted by atomic mass is 16.3. The zero-order valence-electron chi connectivity index (χ0n) is 16.3. The molecule has 0 radical (unpaired) electrons. The molecule has 0 bridgehead atoms. The zero-order valence-corrected chi connectivity index (χ0v) is 16.3. The minimum Gasteiger partial charge on any atom is -0.508 e. The van der Waals surface area contributed by atoms with Crippen molar-refractivity contribution in [2.75, 3.05) is 13.1 Å². The van der Waals surface area contributed by atoms with Crippen LogP contribution in [0.4, 0.5) is 0 Å². The van der Waals surface area contributed by atoms with E-state index in [0.29, 0.717) is 5.69 Å². The van der Waals surface area contributed by atoms with Gasteiger partial charge in [0.1, 0.15) is 17.2 Å². The Morgan fingerprint density at radius 1 is 1.00 bits per heavy atom. The molecule has 2 N–H and O–H groups in total. The fraction of sp³-hybridized carbons (Fsp3) is 0.364. The van der Waals surface area contributed by atoms with Gasteiger partial charge in [0.25, 0.3) is 0 Å². The summed E-state index contributed by atoms with van der Waals surface area (Å²) in [5.41, 5.74) is 4.33. The first-order valence-electron chi connectivity index (χ1n) is 9.81. The van der Waals surface area contributed by atoms with E-state index in [1.807, 2.05) is 13.8 Å². The largest absolute Gasteiger partial charge is 0.508 e. The van der Waals surface area contributed by atoms with Gasteiger partial charge < -0.3 is 10.2 Å². The molecule has 146 valence electrons. The minimum absolute atomic E-state index is 0.0284. The molecule has 0 aliphatic carbocycles. The molecule has 6 heteroatoms. The van der Waals surface area contributed by atoms with Gasteiger partial charge >= 0.3 is 0 Å². The number of hydrogen-bond acceptors (Lipinski definition) is 5. The van der Waals surface area contributed by atoms with Crippen molar-refractivity contribution < 1.29 is 10.2 Å². The van der Waals surface area contributed by atoms with Crippen molar-refractivity contribution in [3.8, 4) is 28.4 Å². The molecule has 0 unspecified atom stereocenters. The number of phenols is 2. The lowest BCUT2D eigenvalue weighted by Gasteiger charge is -2.15. The van der Waals surface area contributed by atoms with Gasteiger partial charge in [-0.05, 0) is 49.0 Å². The van der Waals surface area contributed by atoms with Crippen LogP contribution in [0.15, 0.2) is 42.6 Å². The smallest absolute Gasteiger partial charge is 0.145 e. The van der Waals surface area contributed by atoms with Crippen LogP contribution in [0.2, 0.25) is 0 Å². The van der Waals surface area contributed by atoms with Gasteiger partial charge in [-0.15, -0.1) is 5.10 Å². The molecular formula is C22H26N4O2. The lowest BCUT2D eigenvalue weighted by Crippen LogP contribution is -2.18. The van der Waals surface area contributed by atoms with E-state index in [2.05, 4.69) is 39.5 Å². The summed E-state index contributed by atoms with van der Waals surface area (Å²) in [5.74, 6) is 0.180. The van der Waals surface area contributed by atoms with Crippen molar-refractivity contribution in [3.63, 3.8) is 0 Å². The number of rotatable bonds is 5. The van der Waals surface area contributed by atoms with E-state index < -0.39 is 0 Å². The van der Waals surface area contributed by atoms with E-state index in [-0.39, 0.29) is 17.4 Å². The van der Waals surface area contributed by atoms with Crippen LogP contribution >= 0.6 is 0 Å². The van der Waals surface area contributed by atoms with E-state index >= 15 is 0 Å². The topological polar surface area (TPSA) is 74.4 Å². The van der Waals surface area contributed by atoms with Crippen LogP contribution in [-0.4, -0.2) is 43.2 Å². The average molecular weight is 378 g/mol. The van der Waals surface area contributed by atoms with E-state index in [0.717, 1.165) is 23.4 Å². The fourth-order valence-electron chi connectivity index (χ4n) is 3.80. The van der Waals surface area contributed by atoms with Gasteiger partial charge in [-0.2, -0.15) is 0 Å². The first-order valence-corrected chi connectivity index (χ1v) is 9.81. The molecule has 1 saturated heterocycles. The van der Waals surface area contributed by atoms with Crippen LogP contribution in [0.25, 0.3) is 16.9 Å². The summed E-state index contributed by atoms with van der Waals surface area (Å²) < 4.78 is 1.62. The molecule has 6 nitrogen and oxygen atoms in total. The molecule has 28 heavy (non-hydrogen) atoms. The Hall–Kier alpha value is -2.86. The van der Waals surface area contributed by atoms with Gasteiger partial charge in [-0.1, -0.05) is 43.3 Å². The fourth-order valence-corrected chi connectivity index (χ4v) is 3.80. The van der Waals surface area contributed by atoms with Crippen LogP contribution in [0, 0.1) is 0 Å². The van der Waals surface area contributed by atoms with Crippen molar-refractivity contribution in [2.24, 2.45) is 0 Å². The minimum atomic E-state index is -0.0284. The van der Waals surface area contributed by atoms with Gasteiger partial charge in [0.15, 0.2) is 0 Å². The molecule has 0 amide bonds. The molecule has 1 aliphatic rings. The summed E-state index contributed by atoms with van der Waals surface area (Å²) in [6, 6.07) is 11.6. The lowest BCUT2D eigenvalue weighted by molar-refractivity contribution is 0.331.